The second kappa shape index (κ2) is 14.1. The van der Waals surface area contributed by atoms with Crippen LogP contribution >= 0.6 is 0 Å². The zero-order valence-corrected chi connectivity index (χ0v) is 29.6. The van der Waals surface area contributed by atoms with E-state index in [4.69, 9.17) is 19.7 Å². The van der Waals surface area contributed by atoms with E-state index < -0.39 is 0 Å². The van der Waals surface area contributed by atoms with Crippen molar-refractivity contribution in [3.8, 4) is 45.4 Å². The predicted molar refractivity (Wildman–Crippen MR) is 203 cm³/mol. The average molecular weight is 687 g/mol. The van der Waals surface area contributed by atoms with Gasteiger partial charge in [-0.3, -0.25) is 0 Å². The molecule has 0 spiro atoms. The van der Waals surface area contributed by atoms with E-state index in [1.165, 1.54) is 11.1 Å². The first kappa shape index (κ1) is 32.8. The number of fused-ring (bicyclic) bond motifs is 2. The van der Waals surface area contributed by atoms with Crippen molar-refractivity contribution in [2.45, 2.75) is 40.5 Å². The van der Waals surface area contributed by atoms with E-state index in [0.717, 1.165) is 91.4 Å². The minimum atomic E-state index is 0.595. The second-order valence-corrected chi connectivity index (χ2v) is 13.1. The van der Waals surface area contributed by atoms with Crippen molar-refractivity contribution in [2.24, 2.45) is 0 Å². The fourth-order valence-electron chi connectivity index (χ4n) is 6.32. The van der Waals surface area contributed by atoms with Crippen molar-refractivity contribution in [2.75, 3.05) is 13.2 Å². The molecule has 0 bridgehead atoms. The topological polar surface area (TPSA) is 106 Å². The minimum absolute atomic E-state index is 0.595. The van der Waals surface area contributed by atoms with E-state index >= 15 is 0 Å². The molecule has 4 heterocycles. The Bertz CT molecular complexity index is 2340. The number of aryl methyl sites for hydroxylation is 4. The molecule has 8 aromatic rings. The number of benzene rings is 4. The van der Waals surface area contributed by atoms with Gasteiger partial charge in [0.1, 0.15) is 33.9 Å². The third-order valence-corrected chi connectivity index (χ3v) is 9.09. The van der Waals surface area contributed by atoms with Crippen LogP contribution in [0.5, 0.6) is 11.5 Å². The Morgan fingerprint density at radius 1 is 0.500 bits per heavy atom. The number of nitrogens with zero attached hydrogens (tertiary/aromatic N) is 8. The van der Waals surface area contributed by atoms with Gasteiger partial charge in [-0.25, -0.2) is 9.36 Å². The summed E-state index contributed by atoms with van der Waals surface area (Å²) in [6.07, 6.45) is 5.79. The van der Waals surface area contributed by atoms with Crippen molar-refractivity contribution in [1.29, 1.82) is 0 Å². The molecule has 0 aliphatic heterocycles. The molecular weight excluding hydrogens is 649 g/mol. The van der Waals surface area contributed by atoms with E-state index in [2.05, 4.69) is 58.5 Å². The number of unbranched alkanes of at least 4 members (excludes halogenated alkanes) is 1. The van der Waals surface area contributed by atoms with Crippen LogP contribution in [0.3, 0.4) is 0 Å². The molecule has 258 valence electrons. The number of hydrogen-bond donors (Lipinski definition) is 0. The lowest BCUT2D eigenvalue weighted by atomic mass is 10.1. The molecule has 0 fully saturated rings. The molecule has 0 aliphatic carbocycles. The van der Waals surface area contributed by atoms with Gasteiger partial charge in [0, 0.05) is 23.5 Å². The van der Waals surface area contributed by atoms with Crippen molar-refractivity contribution in [1.82, 2.24) is 40.0 Å². The van der Waals surface area contributed by atoms with Crippen LogP contribution in [0.2, 0.25) is 0 Å². The maximum absolute atomic E-state index is 6.05. The summed E-state index contributed by atoms with van der Waals surface area (Å²) in [6.45, 7) is 9.22. The summed E-state index contributed by atoms with van der Waals surface area (Å²) in [5.74, 6) is 1.62. The van der Waals surface area contributed by atoms with Gasteiger partial charge in [-0.05, 0) is 124 Å². The Labute approximate surface area is 301 Å². The first-order valence-electron chi connectivity index (χ1n) is 17.5. The smallest absolute Gasteiger partial charge is 0.119 e. The lowest BCUT2D eigenvalue weighted by Crippen LogP contribution is -2.02. The normalized spacial score (nSPS) is 11.4. The molecule has 0 unspecified atom stereocenters. The van der Waals surface area contributed by atoms with Gasteiger partial charge in [0.15, 0.2) is 0 Å². The standard InChI is InChI=1S/C42H38N8O2/c1-27-9-7-11-33(23-27)49-25-37-39(47-49)29(3)43-45-41(37)31-13-17-35(18-14-31)51-21-5-6-22-52-36-19-15-32(16-20-36)42-38-26-50(34-12-8-10-28(2)24-34)48-40(38)30(4)44-46-42/h7-20,23-26H,5-6,21-22H2,1-4H3. The SMILES string of the molecule is Cc1cccc(-n2cc3c(-c4ccc(OCCCCOc5ccc(-c6nnc(C)c7nn(-c8cccc(C)c8)cc67)cc5)cc4)nnc(C)c3n2)c1. The predicted octanol–water partition coefficient (Wildman–Crippen LogP) is 8.75. The highest BCUT2D eigenvalue weighted by Gasteiger charge is 2.16. The van der Waals surface area contributed by atoms with E-state index in [-0.39, 0.29) is 0 Å². The molecule has 4 aromatic heterocycles. The van der Waals surface area contributed by atoms with Crippen LogP contribution < -0.4 is 9.47 Å². The lowest BCUT2D eigenvalue weighted by Gasteiger charge is -2.09. The summed E-state index contributed by atoms with van der Waals surface area (Å²) in [5.41, 5.74) is 11.2. The van der Waals surface area contributed by atoms with E-state index in [0.29, 0.717) is 13.2 Å². The molecule has 0 aliphatic rings. The van der Waals surface area contributed by atoms with Gasteiger partial charge in [0.05, 0.1) is 46.7 Å². The Hall–Kier alpha value is -6.42. The molecule has 0 radical (unpaired) electrons. The molecule has 0 atom stereocenters. The zero-order valence-electron chi connectivity index (χ0n) is 29.6. The highest BCUT2D eigenvalue weighted by molar-refractivity contribution is 5.94. The van der Waals surface area contributed by atoms with Crippen molar-refractivity contribution < 1.29 is 9.47 Å². The van der Waals surface area contributed by atoms with Crippen LogP contribution in [0.25, 0.3) is 55.7 Å². The van der Waals surface area contributed by atoms with Gasteiger partial charge in [-0.15, -0.1) is 10.2 Å². The molecule has 0 amide bonds. The van der Waals surface area contributed by atoms with Gasteiger partial charge >= 0.3 is 0 Å². The summed E-state index contributed by atoms with van der Waals surface area (Å²) >= 11 is 0. The molecule has 10 heteroatoms. The van der Waals surface area contributed by atoms with Crippen LogP contribution in [0.4, 0.5) is 0 Å². The minimum Gasteiger partial charge on any atom is -0.494 e. The highest BCUT2D eigenvalue weighted by atomic mass is 16.5. The Kier molecular flexibility index (Phi) is 8.86. The Morgan fingerprint density at radius 3 is 1.33 bits per heavy atom. The van der Waals surface area contributed by atoms with Gasteiger partial charge in [0.2, 0.25) is 0 Å². The molecule has 0 N–H and O–H groups in total. The summed E-state index contributed by atoms with van der Waals surface area (Å²) in [6, 6.07) is 32.5. The number of ether oxygens (including phenoxy) is 2. The van der Waals surface area contributed by atoms with Crippen LogP contribution in [-0.2, 0) is 0 Å². The van der Waals surface area contributed by atoms with Crippen LogP contribution in [-0.4, -0.2) is 53.2 Å². The van der Waals surface area contributed by atoms with Gasteiger partial charge < -0.3 is 9.47 Å². The first-order chi connectivity index (χ1) is 25.4. The van der Waals surface area contributed by atoms with Gasteiger partial charge in [0.25, 0.3) is 0 Å². The third-order valence-electron chi connectivity index (χ3n) is 9.09. The number of hydrogen-bond acceptors (Lipinski definition) is 8. The summed E-state index contributed by atoms with van der Waals surface area (Å²) in [7, 11) is 0. The van der Waals surface area contributed by atoms with Crippen molar-refractivity contribution in [3.63, 3.8) is 0 Å². The molecule has 0 saturated carbocycles. The summed E-state index contributed by atoms with van der Waals surface area (Å²) in [5, 5.41) is 29.4. The van der Waals surface area contributed by atoms with E-state index in [9.17, 15) is 0 Å². The zero-order chi connectivity index (χ0) is 35.6. The van der Waals surface area contributed by atoms with Crippen molar-refractivity contribution >= 4 is 21.8 Å². The Morgan fingerprint density at radius 2 is 0.923 bits per heavy atom. The van der Waals surface area contributed by atoms with Crippen LogP contribution in [0.1, 0.15) is 35.4 Å². The molecule has 10 nitrogen and oxygen atoms in total. The fraction of sp³-hybridized carbons (Fsp3) is 0.190. The monoisotopic (exact) mass is 686 g/mol. The molecule has 8 rings (SSSR count). The molecule has 0 saturated heterocycles. The van der Waals surface area contributed by atoms with Crippen LogP contribution in [0, 0.1) is 27.7 Å². The van der Waals surface area contributed by atoms with Crippen molar-refractivity contribution in [3.05, 3.63) is 132 Å². The molecule has 4 aromatic carbocycles. The summed E-state index contributed by atoms with van der Waals surface area (Å²) in [4.78, 5) is 0. The van der Waals surface area contributed by atoms with E-state index in [1.807, 2.05) is 108 Å². The largest absolute Gasteiger partial charge is 0.494 e. The van der Waals surface area contributed by atoms with Gasteiger partial charge in [-0.1, -0.05) is 24.3 Å². The molecule has 52 heavy (non-hydrogen) atoms. The third kappa shape index (κ3) is 6.70. The fourth-order valence-corrected chi connectivity index (χ4v) is 6.32. The number of rotatable bonds is 11. The highest BCUT2D eigenvalue weighted by Crippen LogP contribution is 2.31. The molecular formula is C42H38N8O2. The maximum Gasteiger partial charge on any atom is 0.119 e. The second-order valence-electron chi connectivity index (χ2n) is 13.1. The quantitative estimate of drug-likeness (QED) is 0.124. The average Bonchev–Trinajstić information content (AvgIpc) is 3.82. The van der Waals surface area contributed by atoms with Crippen LogP contribution in [0.15, 0.2) is 109 Å². The summed E-state index contributed by atoms with van der Waals surface area (Å²) < 4.78 is 15.9. The lowest BCUT2D eigenvalue weighted by molar-refractivity contribution is 0.266. The first-order valence-corrected chi connectivity index (χ1v) is 17.5. The van der Waals surface area contributed by atoms with Gasteiger partial charge in [-0.2, -0.15) is 20.4 Å². The maximum atomic E-state index is 6.05. The Balaban J connectivity index is 0.848. The van der Waals surface area contributed by atoms with E-state index in [1.54, 1.807) is 0 Å². The number of aromatic nitrogens is 8.